The van der Waals surface area contributed by atoms with Gasteiger partial charge in [0.1, 0.15) is 11.5 Å². The van der Waals surface area contributed by atoms with Crippen molar-refractivity contribution in [2.45, 2.75) is 12.3 Å². The summed E-state index contributed by atoms with van der Waals surface area (Å²) in [6.45, 7) is -0.992. The molecule has 1 aromatic carbocycles. The molecule has 0 radical (unpaired) electrons. The SMILES string of the molecule is COc1ccc(C(=O)NCC(O)C(F)(F)F)c(O)c1. The predicted octanol–water partition coefficient (Wildman–Crippen LogP) is 1.05. The van der Waals surface area contributed by atoms with Crippen LogP contribution in [-0.4, -0.2) is 42.1 Å². The number of aromatic hydroxyl groups is 1. The molecule has 0 bridgehead atoms. The number of benzene rings is 1. The first-order chi connectivity index (χ1) is 8.75. The normalized spacial score (nSPS) is 12.9. The van der Waals surface area contributed by atoms with Crippen LogP contribution in [0.5, 0.6) is 11.5 Å². The van der Waals surface area contributed by atoms with E-state index >= 15 is 0 Å². The molecule has 1 atom stereocenters. The number of aliphatic hydroxyl groups excluding tert-OH is 1. The zero-order valence-corrected chi connectivity index (χ0v) is 9.86. The topological polar surface area (TPSA) is 78.8 Å². The zero-order valence-electron chi connectivity index (χ0n) is 9.86. The molecule has 0 saturated carbocycles. The number of hydrogen-bond donors (Lipinski definition) is 3. The van der Waals surface area contributed by atoms with Crippen molar-refractivity contribution in [1.29, 1.82) is 0 Å². The molecule has 0 heterocycles. The molecule has 106 valence electrons. The van der Waals surface area contributed by atoms with Crippen LogP contribution in [0.1, 0.15) is 10.4 Å². The quantitative estimate of drug-likeness (QED) is 0.770. The van der Waals surface area contributed by atoms with Crippen molar-refractivity contribution in [3.05, 3.63) is 23.8 Å². The van der Waals surface area contributed by atoms with Crippen LogP contribution in [-0.2, 0) is 0 Å². The number of rotatable bonds is 4. The summed E-state index contributed by atoms with van der Waals surface area (Å²) in [4.78, 5) is 11.5. The highest BCUT2D eigenvalue weighted by Gasteiger charge is 2.38. The average molecular weight is 279 g/mol. The van der Waals surface area contributed by atoms with Crippen LogP contribution in [0.2, 0.25) is 0 Å². The van der Waals surface area contributed by atoms with E-state index in [2.05, 4.69) is 0 Å². The number of phenols is 1. The van der Waals surface area contributed by atoms with Gasteiger partial charge in [-0.2, -0.15) is 13.2 Å². The Balaban J connectivity index is 2.69. The Morgan fingerprint density at radius 3 is 2.58 bits per heavy atom. The number of aliphatic hydroxyl groups is 1. The van der Waals surface area contributed by atoms with Crippen molar-refractivity contribution in [1.82, 2.24) is 5.32 Å². The molecule has 19 heavy (non-hydrogen) atoms. The molecule has 0 aromatic heterocycles. The van der Waals surface area contributed by atoms with Crippen LogP contribution in [0.4, 0.5) is 13.2 Å². The van der Waals surface area contributed by atoms with Crippen molar-refractivity contribution in [3.63, 3.8) is 0 Å². The number of phenolic OH excluding ortho intramolecular Hbond substituents is 1. The van der Waals surface area contributed by atoms with Gasteiger partial charge in [-0.3, -0.25) is 4.79 Å². The second-order valence-corrected chi connectivity index (χ2v) is 3.65. The van der Waals surface area contributed by atoms with E-state index in [4.69, 9.17) is 9.84 Å². The van der Waals surface area contributed by atoms with Crippen LogP contribution in [0.25, 0.3) is 0 Å². The summed E-state index contributed by atoms with van der Waals surface area (Å²) in [5, 5.41) is 20.1. The number of methoxy groups -OCH3 is 1. The van der Waals surface area contributed by atoms with Gasteiger partial charge in [-0.25, -0.2) is 0 Å². The number of carbonyl (C=O) groups is 1. The zero-order chi connectivity index (χ0) is 14.6. The summed E-state index contributed by atoms with van der Waals surface area (Å²) in [6, 6.07) is 3.72. The first kappa shape index (κ1) is 15.1. The third-order valence-electron chi connectivity index (χ3n) is 2.28. The van der Waals surface area contributed by atoms with E-state index in [9.17, 15) is 23.1 Å². The first-order valence-electron chi connectivity index (χ1n) is 5.15. The molecule has 1 aromatic rings. The number of ether oxygens (including phenoxy) is 1. The molecule has 1 amide bonds. The van der Waals surface area contributed by atoms with E-state index in [1.165, 1.54) is 19.2 Å². The number of halogens is 3. The Kier molecular flexibility index (Phi) is 4.60. The molecule has 0 spiro atoms. The van der Waals surface area contributed by atoms with E-state index in [1.54, 1.807) is 0 Å². The minimum Gasteiger partial charge on any atom is -0.507 e. The van der Waals surface area contributed by atoms with E-state index in [0.29, 0.717) is 5.75 Å². The lowest BCUT2D eigenvalue weighted by Crippen LogP contribution is -2.40. The second-order valence-electron chi connectivity index (χ2n) is 3.65. The van der Waals surface area contributed by atoms with Gasteiger partial charge in [-0.05, 0) is 12.1 Å². The fourth-order valence-corrected chi connectivity index (χ4v) is 1.23. The highest BCUT2D eigenvalue weighted by atomic mass is 19.4. The van der Waals surface area contributed by atoms with Gasteiger partial charge in [0, 0.05) is 6.07 Å². The van der Waals surface area contributed by atoms with Crippen LogP contribution < -0.4 is 10.1 Å². The standard InChI is InChI=1S/C11H12F3NO4/c1-19-6-2-3-7(8(16)4-6)10(18)15-5-9(17)11(12,13)14/h2-4,9,16-17H,5H2,1H3,(H,15,18). The van der Waals surface area contributed by atoms with Crippen molar-refractivity contribution in [2.24, 2.45) is 0 Å². The van der Waals surface area contributed by atoms with Gasteiger partial charge in [0.15, 0.2) is 6.10 Å². The molecule has 0 aliphatic heterocycles. The van der Waals surface area contributed by atoms with E-state index in [-0.39, 0.29) is 5.56 Å². The summed E-state index contributed by atoms with van der Waals surface area (Å²) in [5.41, 5.74) is -0.213. The summed E-state index contributed by atoms with van der Waals surface area (Å²) in [7, 11) is 1.36. The summed E-state index contributed by atoms with van der Waals surface area (Å²) < 4.78 is 40.8. The maximum Gasteiger partial charge on any atom is 0.416 e. The van der Waals surface area contributed by atoms with Crippen molar-refractivity contribution < 1.29 is 32.9 Å². The van der Waals surface area contributed by atoms with Gasteiger partial charge in [0.2, 0.25) is 0 Å². The monoisotopic (exact) mass is 279 g/mol. The molecule has 5 nitrogen and oxygen atoms in total. The highest BCUT2D eigenvalue weighted by molar-refractivity contribution is 5.97. The van der Waals surface area contributed by atoms with Crippen molar-refractivity contribution in [3.8, 4) is 11.5 Å². The molecule has 0 fully saturated rings. The van der Waals surface area contributed by atoms with Crippen LogP contribution >= 0.6 is 0 Å². The maximum absolute atomic E-state index is 12.0. The predicted molar refractivity (Wildman–Crippen MR) is 59.1 cm³/mol. The number of amides is 1. The average Bonchev–Trinajstić information content (AvgIpc) is 2.34. The van der Waals surface area contributed by atoms with E-state index in [0.717, 1.165) is 6.07 Å². The lowest BCUT2D eigenvalue weighted by atomic mass is 10.1. The Bertz CT molecular complexity index is 462. The van der Waals surface area contributed by atoms with E-state index in [1.807, 2.05) is 5.32 Å². The summed E-state index contributed by atoms with van der Waals surface area (Å²) >= 11 is 0. The number of hydrogen-bond acceptors (Lipinski definition) is 4. The molecule has 0 saturated heterocycles. The molecule has 3 N–H and O–H groups in total. The first-order valence-corrected chi connectivity index (χ1v) is 5.15. The molecule has 0 aliphatic rings. The van der Waals surface area contributed by atoms with Crippen LogP contribution in [0.15, 0.2) is 18.2 Å². The lowest BCUT2D eigenvalue weighted by Gasteiger charge is -2.15. The Morgan fingerprint density at radius 1 is 1.47 bits per heavy atom. The molecular weight excluding hydrogens is 267 g/mol. The lowest BCUT2D eigenvalue weighted by molar-refractivity contribution is -0.201. The summed E-state index contributed by atoms with van der Waals surface area (Å²) in [5.74, 6) is -1.06. The molecule has 8 heteroatoms. The Morgan fingerprint density at radius 2 is 2.11 bits per heavy atom. The minimum atomic E-state index is -4.81. The number of alkyl halides is 3. The molecule has 1 rings (SSSR count). The van der Waals surface area contributed by atoms with Gasteiger partial charge in [0.05, 0.1) is 19.2 Å². The van der Waals surface area contributed by atoms with Gasteiger partial charge >= 0.3 is 6.18 Å². The Labute approximate surface area is 106 Å². The molecule has 0 aliphatic carbocycles. The highest BCUT2D eigenvalue weighted by Crippen LogP contribution is 2.23. The number of nitrogens with one attached hydrogen (secondary N) is 1. The fourth-order valence-electron chi connectivity index (χ4n) is 1.23. The maximum atomic E-state index is 12.0. The fraction of sp³-hybridized carbons (Fsp3) is 0.364. The molecule has 1 unspecified atom stereocenters. The minimum absolute atomic E-state index is 0.213. The summed E-state index contributed by atoms with van der Waals surface area (Å²) in [6.07, 6.45) is -7.47. The van der Waals surface area contributed by atoms with Crippen molar-refractivity contribution >= 4 is 5.91 Å². The van der Waals surface area contributed by atoms with Gasteiger partial charge in [0.25, 0.3) is 5.91 Å². The second kappa shape index (κ2) is 5.79. The van der Waals surface area contributed by atoms with Crippen LogP contribution in [0.3, 0.4) is 0 Å². The van der Waals surface area contributed by atoms with Gasteiger partial charge in [-0.1, -0.05) is 0 Å². The van der Waals surface area contributed by atoms with Crippen molar-refractivity contribution in [2.75, 3.05) is 13.7 Å². The number of carbonyl (C=O) groups excluding carboxylic acids is 1. The molecular formula is C11H12F3NO4. The van der Waals surface area contributed by atoms with E-state index < -0.39 is 30.5 Å². The van der Waals surface area contributed by atoms with Gasteiger partial charge < -0.3 is 20.3 Å². The van der Waals surface area contributed by atoms with Gasteiger partial charge in [-0.15, -0.1) is 0 Å². The third-order valence-corrected chi connectivity index (χ3v) is 2.28. The Hall–Kier alpha value is -1.96. The van der Waals surface area contributed by atoms with Crippen LogP contribution in [0, 0.1) is 0 Å². The smallest absolute Gasteiger partial charge is 0.416 e. The largest absolute Gasteiger partial charge is 0.507 e. The third kappa shape index (κ3) is 4.02.